The summed E-state index contributed by atoms with van der Waals surface area (Å²) in [4.78, 5) is 13.2. The molecule has 0 saturated carbocycles. The van der Waals surface area contributed by atoms with Gasteiger partial charge in [-0.2, -0.15) is 0 Å². The number of ether oxygens (including phenoxy) is 2. The number of carbonyl (C=O) groups excluding carboxylic acids is 1. The van der Waals surface area contributed by atoms with Gasteiger partial charge in [-0.1, -0.05) is 15.9 Å². The molecule has 5 nitrogen and oxygen atoms in total. The number of esters is 1. The first-order valence-electron chi connectivity index (χ1n) is 6.12. The minimum atomic E-state index is -0.213. The zero-order valence-corrected chi connectivity index (χ0v) is 12.2. The van der Waals surface area contributed by atoms with Gasteiger partial charge in [0.1, 0.15) is 5.75 Å². The topological polar surface area (TPSA) is 50.8 Å². The molecule has 1 spiro atoms. The third-order valence-corrected chi connectivity index (χ3v) is 3.97. The van der Waals surface area contributed by atoms with E-state index in [-0.39, 0.29) is 11.6 Å². The number of fused-ring (bicyclic) bond motifs is 1. The minimum absolute atomic E-state index is 0.206. The number of hydrogen-bond donors (Lipinski definition) is 1. The molecule has 3 rings (SSSR count). The van der Waals surface area contributed by atoms with E-state index in [0.717, 1.165) is 35.5 Å². The normalized spacial score (nSPS) is 19.9. The Morgan fingerprint density at radius 2 is 2.37 bits per heavy atom. The van der Waals surface area contributed by atoms with Crippen LogP contribution in [-0.4, -0.2) is 49.8 Å². The standard InChI is InChI=1S/C13H15BrN2O3/c1-18-12(17)5-16-7-13(8-16)6-15-10-4-9(14)2-3-11(10)19-13/h2-4,15H,5-8H2,1H3. The molecule has 0 aromatic heterocycles. The van der Waals surface area contributed by atoms with E-state index in [4.69, 9.17) is 4.74 Å². The second-order valence-corrected chi connectivity index (χ2v) is 5.92. The van der Waals surface area contributed by atoms with Crippen LogP contribution in [0.4, 0.5) is 5.69 Å². The minimum Gasteiger partial charge on any atom is -0.481 e. The molecule has 0 amide bonds. The summed E-state index contributed by atoms with van der Waals surface area (Å²) < 4.78 is 11.8. The summed E-state index contributed by atoms with van der Waals surface area (Å²) in [6, 6.07) is 5.92. The first-order valence-corrected chi connectivity index (χ1v) is 6.91. The van der Waals surface area contributed by atoms with Gasteiger partial charge in [0, 0.05) is 17.6 Å². The van der Waals surface area contributed by atoms with Gasteiger partial charge in [-0.15, -0.1) is 0 Å². The van der Waals surface area contributed by atoms with Crippen molar-refractivity contribution < 1.29 is 14.3 Å². The highest BCUT2D eigenvalue weighted by Crippen LogP contribution is 2.38. The van der Waals surface area contributed by atoms with E-state index in [1.165, 1.54) is 7.11 Å². The number of anilines is 1. The van der Waals surface area contributed by atoms with Gasteiger partial charge >= 0.3 is 5.97 Å². The molecule has 102 valence electrons. The molecule has 0 atom stereocenters. The molecule has 2 aliphatic heterocycles. The lowest BCUT2D eigenvalue weighted by atomic mass is 9.92. The number of halogens is 1. The van der Waals surface area contributed by atoms with E-state index >= 15 is 0 Å². The Morgan fingerprint density at radius 1 is 1.58 bits per heavy atom. The maximum absolute atomic E-state index is 11.2. The highest BCUT2D eigenvalue weighted by molar-refractivity contribution is 9.10. The van der Waals surface area contributed by atoms with Crippen molar-refractivity contribution in [2.45, 2.75) is 5.60 Å². The van der Waals surface area contributed by atoms with Gasteiger partial charge < -0.3 is 14.8 Å². The van der Waals surface area contributed by atoms with Crippen molar-refractivity contribution in [1.29, 1.82) is 0 Å². The number of benzene rings is 1. The molecule has 6 heteroatoms. The lowest BCUT2D eigenvalue weighted by Gasteiger charge is -2.51. The van der Waals surface area contributed by atoms with Crippen molar-refractivity contribution in [1.82, 2.24) is 4.90 Å². The number of nitrogens with one attached hydrogen (secondary N) is 1. The molecule has 0 bridgehead atoms. The molecule has 19 heavy (non-hydrogen) atoms. The molecule has 0 aliphatic carbocycles. The SMILES string of the molecule is COC(=O)CN1CC2(CNc3cc(Br)ccc3O2)C1. The fourth-order valence-corrected chi connectivity index (χ4v) is 2.92. The van der Waals surface area contributed by atoms with Crippen LogP contribution in [0.25, 0.3) is 0 Å². The molecule has 1 aromatic rings. The van der Waals surface area contributed by atoms with Gasteiger partial charge in [-0.3, -0.25) is 9.69 Å². The summed E-state index contributed by atoms with van der Waals surface area (Å²) in [5, 5.41) is 3.39. The van der Waals surface area contributed by atoms with Crippen LogP contribution in [-0.2, 0) is 9.53 Å². The van der Waals surface area contributed by atoms with E-state index in [1.54, 1.807) is 0 Å². The van der Waals surface area contributed by atoms with Crippen LogP contribution in [0, 0.1) is 0 Å². The van der Waals surface area contributed by atoms with Crippen molar-refractivity contribution in [3.8, 4) is 5.75 Å². The number of likely N-dealkylation sites (tertiary alicyclic amines) is 1. The average Bonchev–Trinajstić information content (AvgIpc) is 2.37. The van der Waals surface area contributed by atoms with Crippen LogP contribution in [0.1, 0.15) is 0 Å². The van der Waals surface area contributed by atoms with Crippen molar-refractivity contribution in [2.24, 2.45) is 0 Å². The van der Waals surface area contributed by atoms with Crippen molar-refractivity contribution in [3.05, 3.63) is 22.7 Å². The van der Waals surface area contributed by atoms with Gasteiger partial charge in [-0.25, -0.2) is 0 Å². The maximum atomic E-state index is 11.2. The zero-order chi connectivity index (χ0) is 13.5. The van der Waals surface area contributed by atoms with Crippen LogP contribution in [0.5, 0.6) is 5.75 Å². The monoisotopic (exact) mass is 326 g/mol. The number of carbonyl (C=O) groups is 1. The quantitative estimate of drug-likeness (QED) is 0.834. The zero-order valence-electron chi connectivity index (χ0n) is 10.6. The Kier molecular flexibility index (Phi) is 3.14. The van der Waals surface area contributed by atoms with Crippen LogP contribution >= 0.6 is 15.9 Å². The molecule has 1 aromatic carbocycles. The van der Waals surface area contributed by atoms with Gasteiger partial charge in [0.15, 0.2) is 5.60 Å². The lowest BCUT2D eigenvalue weighted by molar-refractivity contribution is -0.147. The first kappa shape index (κ1) is 12.7. The Morgan fingerprint density at radius 3 is 3.11 bits per heavy atom. The predicted molar refractivity (Wildman–Crippen MR) is 74.4 cm³/mol. The molecule has 2 aliphatic rings. The summed E-state index contributed by atoms with van der Waals surface area (Å²) in [6.07, 6.45) is 0. The van der Waals surface area contributed by atoms with Gasteiger partial charge in [0.05, 0.1) is 25.9 Å². The third kappa shape index (κ3) is 2.42. The molecule has 2 heterocycles. The molecule has 1 N–H and O–H groups in total. The molecule has 1 fully saturated rings. The van der Waals surface area contributed by atoms with Gasteiger partial charge in [0.25, 0.3) is 0 Å². The maximum Gasteiger partial charge on any atom is 0.319 e. The molecule has 0 unspecified atom stereocenters. The summed E-state index contributed by atoms with van der Waals surface area (Å²) >= 11 is 3.44. The largest absolute Gasteiger partial charge is 0.481 e. The van der Waals surface area contributed by atoms with Crippen LogP contribution in [0.2, 0.25) is 0 Å². The highest BCUT2D eigenvalue weighted by atomic mass is 79.9. The molecular weight excluding hydrogens is 312 g/mol. The van der Waals surface area contributed by atoms with Crippen LogP contribution < -0.4 is 10.1 Å². The highest BCUT2D eigenvalue weighted by Gasteiger charge is 2.47. The summed E-state index contributed by atoms with van der Waals surface area (Å²) in [5.41, 5.74) is 0.793. The van der Waals surface area contributed by atoms with Crippen LogP contribution in [0.15, 0.2) is 22.7 Å². The van der Waals surface area contributed by atoms with Crippen molar-refractivity contribution >= 4 is 27.6 Å². The summed E-state index contributed by atoms with van der Waals surface area (Å²) in [7, 11) is 1.41. The second-order valence-electron chi connectivity index (χ2n) is 5.00. The summed E-state index contributed by atoms with van der Waals surface area (Å²) in [6.45, 7) is 2.57. The van der Waals surface area contributed by atoms with E-state index in [0.29, 0.717) is 6.54 Å². The number of methoxy groups -OCH3 is 1. The lowest BCUT2D eigenvalue weighted by Crippen LogP contribution is -2.69. The van der Waals surface area contributed by atoms with Crippen molar-refractivity contribution in [2.75, 3.05) is 38.6 Å². The number of nitrogens with zero attached hydrogens (tertiary/aromatic N) is 1. The van der Waals surface area contributed by atoms with Crippen molar-refractivity contribution in [3.63, 3.8) is 0 Å². The third-order valence-electron chi connectivity index (χ3n) is 3.47. The number of hydrogen-bond acceptors (Lipinski definition) is 5. The number of rotatable bonds is 2. The Labute approximate surface area is 120 Å². The van der Waals surface area contributed by atoms with Crippen LogP contribution in [0.3, 0.4) is 0 Å². The van der Waals surface area contributed by atoms with E-state index in [9.17, 15) is 4.79 Å². The Hall–Kier alpha value is -1.27. The van der Waals surface area contributed by atoms with Gasteiger partial charge in [0.2, 0.25) is 0 Å². The molecule has 0 radical (unpaired) electrons. The predicted octanol–water partition coefficient (Wildman–Crippen LogP) is 1.48. The van der Waals surface area contributed by atoms with E-state index in [1.807, 2.05) is 23.1 Å². The Bertz CT molecular complexity index is 515. The summed E-state index contributed by atoms with van der Waals surface area (Å²) in [5.74, 6) is 0.662. The first-order chi connectivity index (χ1) is 9.10. The Balaban J connectivity index is 1.64. The van der Waals surface area contributed by atoms with E-state index < -0.39 is 0 Å². The van der Waals surface area contributed by atoms with Gasteiger partial charge in [-0.05, 0) is 18.2 Å². The smallest absolute Gasteiger partial charge is 0.319 e. The molecule has 1 saturated heterocycles. The van der Waals surface area contributed by atoms with E-state index in [2.05, 4.69) is 26.0 Å². The molecular formula is C13H15BrN2O3. The fraction of sp³-hybridized carbons (Fsp3) is 0.462. The fourth-order valence-electron chi connectivity index (χ4n) is 2.56. The average molecular weight is 327 g/mol. The second kappa shape index (κ2) is 4.68.